The molecule has 0 unspecified atom stereocenters. The highest BCUT2D eigenvalue weighted by Gasteiger charge is 2.05. The molecule has 5 nitrogen and oxygen atoms in total. The van der Waals surface area contributed by atoms with E-state index in [1.54, 1.807) is 11.3 Å². The molecule has 0 aromatic carbocycles. The lowest BCUT2D eigenvalue weighted by molar-refractivity contribution is -0.139. The van der Waals surface area contributed by atoms with Crippen molar-refractivity contribution in [2.75, 3.05) is 13.7 Å². The van der Waals surface area contributed by atoms with Gasteiger partial charge in [-0.05, 0) is 31.5 Å². The molecule has 0 radical (unpaired) electrons. The second-order valence-corrected chi connectivity index (χ2v) is 5.47. The van der Waals surface area contributed by atoms with Crippen LogP contribution in [0.2, 0.25) is 0 Å². The highest BCUT2D eigenvalue weighted by molar-refractivity contribution is 7.12. The van der Waals surface area contributed by atoms with Gasteiger partial charge >= 0.3 is 5.97 Å². The number of thiophene rings is 1. The molecular weight excluding hydrogens is 264 g/mol. The van der Waals surface area contributed by atoms with Crippen LogP contribution in [0.15, 0.2) is 12.1 Å². The van der Waals surface area contributed by atoms with E-state index in [9.17, 15) is 9.59 Å². The van der Waals surface area contributed by atoms with Gasteiger partial charge in [0.05, 0.1) is 13.5 Å². The summed E-state index contributed by atoms with van der Waals surface area (Å²) in [5, 5.41) is 3.30. The molecule has 19 heavy (non-hydrogen) atoms. The normalized spacial score (nSPS) is 10.4. The minimum absolute atomic E-state index is 0.215. The third-order valence-electron chi connectivity index (χ3n) is 2.59. The second kappa shape index (κ2) is 8.66. The molecule has 1 amide bonds. The highest BCUT2D eigenvalue weighted by Crippen LogP contribution is 2.17. The maximum Gasteiger partial charge on any atom is 0.310 e. The molecule has 0 saturated carbocycles. The maximum absolute atomic E-state index is 11.1. The average molecular weight is 284 g/mol. The maximum atomic E-state index is 11.1. The lowest BCUT2D eigenvalue weighted by Crippen LogP contribution is -2.15. The predicted octanol–water partition coefficient (Wildman–Crippen LogP) is 1.21. The van der Waals surface area contributed by atoms with Gasteiger partial charge in [-0.15, -0.1) is 11.3 Å². The molecule has 1 rings (SSSR count). The summed E-state index contributed by atoms with van der Waals surface area (Å²) in [6.07, 6.45) is 2.54. The van der Waals surface area contributed by atoms with Crippen LogP contribution in [-0.4, -0.2) is 25.5 Å². The number of nitrogens with one attached hydrogen (secondary N) is 1. The van der Waals surface area contributed by atoms with Crippen LogP contribution in [-0.2, 0) is 27.3 Å². The summed E-state index contributed by atoms with van der Waals surface area (Å²) in [6, 6.07) is 3.96. The van der Waals surface area contributed by atoms with Gasteiger partial charge in [-0.1, -0.05) is 0 Å². The van der Waals surface area contributed by atoms with Crippen LogP contribution in [0.25, 0.3) is 0 Å². The van der Waals surface area contributed by atoms with E-state index in [0.29, 0.717) is 12.8 Å². The molecule has 0 saturated heterocycles. The number of carbonyl (C=O) groups is 2. The molecule has 1 aromatic heterocycles. The van der Waals surface area contributed by atoms with E-state index in [0.717, 1.165) is 30.8 Å². The van der Waals surface area contributed by atoms with Gasteiger partial charge in [-0.25, -0.2) is 0 Å². The van der Waals surface area contributed by atoms with Gasteiger partial charge in [-0.2, -0.15) is 0 Å². The van der Waals surface area contributed by atoms with Crippen molar-refractivity contribution in [3.8, 4) is 0 Å². The molecule has 1 heterocycles. The van der Waals surface area contributed by atoms with Crippen molar-refractivity contribution in [3.63, 3.8) is 0 Å². The van der Waals surface area contributed by atoms with Gasteiger partial charge in [0.15, 0.2) is 0 Å². The third kappa shape index (κ3) is 6.93. The van der Waals surface area contributed by atoms with Crippen LogP contribution in [0, 0.1) is 0 Å². The first-order chi connectivity index (χ1) is 9.11. The lowest BCUT2D eigenvalue weighted by Gasteiger charge is -2.02. The Morgan fingerprint density at radius 1 is 1.32 bits per heavy atom. The fraction of sp³-hybridized carbons (Fsp3) is 0.538. The molecule has 0 aliphatic rings. The lowest BCUT2D eigenvalue weighted by atomic mass is 10.2. The Kier molecular flexibility index (Phi) is 7.14. The molecule has 0 fully saturated rings. The number of unbranched alkanes of at least 4 members (excludes halogenated alkanes) is 1. The van der Waals surface area contributed by atoms with Gasteiger partial charge in [-0.3, -0.25) is 9.59 Å². The molecule has 0 aliphatic carbocycles. The Morgan fingerprint density at radius 2 is 2.05 bits per heavy atom. The van der Waals surface area contributed by atoms with Crippen LogP contribution in [0.5, 0.6) is 0 Å². The average Bonchev–Trinajstić information content (AvgIpc) is 2.80. The molecule has 0 atom stereocenters. The zero-order valence-corrected chi connectivity index (χ0v) is 11.9. The molecule has 0 bridgehead atoms. The molecule has 3 N–H and O–H groups in total. The van der Waals surface area contributed by atoms with Crippen LogP contribution >= 0.6 is 11.3 Å². The first-order valence-corrected chi connectivity index (χ1v) is 7.07. The summed E-state index contributed by atoms with van der Waals surface area (Å²) in [7, 11) is 1.39. The molecule has 1 aromatic rings. The zero-order valence-electron chi connectivity index (χ0n) is 11.1. The van der Waals surface area contributed by atoms with E-state index in [1.165, 1.54) is 12.0 Å². The first-order valence-electron chi connectivity index (χ1n) is 6.25. The number of ether oxygens (including phenoxy) is 1. The summed E-state index contributed by atoms with van der Waals surface area (Å²) in [5.41, 5.74) is 5.06. The Labute approximate surface area is 117 Å². The van der Waals surface area contributed by atoms with E-state index in [1.807, 2.05) is 12.1 Å². The van der Waals surface area contributed by atoms with Crippen molar-refractivity contribution < 1.29 is 14.3 Å². The zero-order chi connectivity index (χ0) is 14.1. The minimum atomic E-state index is -0.245. The van der Waals surface area contributed by atoms with Gasteiger partial charge in [0.25, 0.3) is 0 Å². The number of primary amides is 1. The van der Waals surface area contributed by atoms with Gasteiger partial charge < -0.3 is 15.8 Å². The van der Waals surface area contributed by atoms with E-state index < -0.39 is 0 Å². The van der Waals surface area contributed by atoms with Crippen LogP contribution in [0.4, 0.5) is 0 Å². The van der Waals surface area contributed by atoms with E-state index in [4.69, 9.17) is 5.73 Å². The highest BCUT2D eigenvalue weighted by atomic mass is 32.1. The Balaban J connectivity index is 2.16. The van der Waals surface area contributed by atoms with Crippen LogP contribution in [0.3, 0.4) is 0 Å². The van der Waals surface area contributed by atoms with Crippen molar-refractivity contribution in [2.24, 2.45) is 5.73 Å². The van der Waals surface area contributed by atoms with Crippen LogP contribution in [0.1, 0.15) is 29.0 Å². The van der Waals surface area contributed by atoms with E-state index in [-0.39, 0.29) is 11.9 Å². The van der Waals surface area contributed by atoms with Gasteiger partial charge in [0, 0.05) is 22.7 Å². The first kappa shape index (κ1) is 15.7. The summed E-state index contributed by atoms with van der Waals surface area (Å²) in [6.45, 7) is 1.64. The van der Waals surface area contributed by atoms with Crippen molar-refractivity contribution in [1.29, 1.82) is 0 Å². The number of hydrogen-bond donors (Lipinski definition) is 2. The topological polar surface area (TPSA) is 81.4 Å². The van der Waals surface area contributed by atoms with Gasteiger partial charge in [0.2, 0.25) is 5.91 Å². The summed E-state index contributed by atoms with van der Waals surface area (Å²) in [5.74, 6) is -0.460. The largest absolute Gasteiger partial charge is 0.469 e. The smallest absolute Gasteiger partial charge is 0.310 e. The fourth-order valence-corrected chi connectivity index (χ4v) is 2.56. The second-order valence-electron chi connectivity index (χ2n) is 4.22. The molecule has 0 aliphatic heterocycles. The summed E-state index contributed by atoms with van der Waals surface area (Å²) >= 11 is 1.61. The predicted molar refractivity (Wildman–Crippen MR) is 74.8 cm³/mol. The van der Waals surface area contributed by atoms with E-state index >= 15 is 0 Å². The fourth-order valence-electron chi connectivity index (χ4n) is 1.59. The quantitative estimate of drug-likeness (QED) is 0.527. The number of methoxy groups -OCH3 is 1. The number of carbonyl (C=O) groups excluding carboxylic acids is 2. The van der Waals surface area contributed by atoms with Crippen molar-refractivity contribution >= 4 is 23.2 Å². The number of hydrogen-bond acceptors (Lipinski definition) is 5. The third-order valence-corrected chi connectivity index (χ3v) is 3.67. The van der Waals surface area contributed by atoms with Crippen molar-refractivity contribution in [1.82, 2.24) is 5.32 Å². The Bertz CT molecular complexity index is 418. The van der Waals surface area contributed by atoms with Crippen molar-refractivity contribution in [2.45, 2.75) is 32.2 Å². The molecule has 106 valence electrons. The number of nitrogens with two attached hydrogens (primary N) is 1. The van der Waals surface area contributed by atoms with Crippen LogP contribution < -0.4 is 11.1 Å². The summed E-state index contributed by atoms with van der Waals surface area (Å²) in [4.78, 5) is 23.8. The standard InChI is InChI=1S/C13H20N2O3S/c1-18-13(17)8-10-5-6-11(19-10)9-15-7-3-2-4-12(14)16/h5-6,15H,2-4,7-9H2,1H3,(H2,14,16). The monoisotopic (exact) mass is 284 g/mol. The SMILES string of the molecule is COC(=O)Cc1ccc(CNCCCCC(N)=O)s1. The minimum Gasteiger partial charge on any atom is -0.469 e. The van der Waals surface area contributed by atoms with Crippen molar-refractivity contribution in [3.05, 3.63) is 21.9 Å². The molecular formula is C13H20N2O3S. The number of amides is 1. The Hall–Kier alpha value is -1.40. The van der Waals surface area contributed by atoms with E-state index in [2.05, 4.69) is 10.1 Å². The molecule has 6 heteroatoms. The Morgan fingerprint density at radius 3 is 2.74 bits per heavy atom. The molecule has 0 spiro atoms. The van der Waals surface area contributed by atoms with Gasteiger partial charge in [0.1, 0.15) is 0 Å². The number of esters is 1. The summed E-state index contributed by atoms with van der Waals surface area (Å²) < 4.78 is 4.62. The number of rotatable bonds is 9.